The highest BCUT2D eigenvalue weighted by atomic mass is 32.2. The molecule has 1 unspecified atom stereocenters. The van der Waals surface area contributed by atoms with Gasteiger partial charge in [0.15, 0.2) is 0 Å². The number of carboxylic acid groups (broad SMARTS) is 1. The lowest BCUT2D eigenvalue weighted by Crippen LogP contribution is -2.41. The van der Waals surface area contributed by atoms with Gasteiger partial charge in [0.2, 0.25) is 10.0 Å². The van der Waals surface area contributed by atoms with Crippen molar-refractivity contribution in [2.75, 3.05) is 19.0 Å². The van der Waals surface area contributed by atoms with Gasteiger partial charge < -0.3 is 9.84 Å². The minimum atomic E-state index is -3.57. The lowest BCUT2D eigenvalue weighted by Gasteiger charge is -2.12. The van der Waals surface area contributed by atoms with Gasteiger partial charge in [0.1, 0.15) is 6.04 Å². The zero-order valence-electron chi connectivity index (χ0n) is 8.89. The third-order valence-corrected chi connectivity index (χ3v) is 3.08. The van der Waals surface area contributed by atoms with Crippen LogP contribution >= 0.6 is 0 Å². The van der Waals surface area contributed by atoms with E-state index in [1.54, 1.807) is 13.8 Å². The van der Waals surface area contributed by atoms with Gasteiger partial charge in [0.25, 0.3) is 0 Å². The van der Waals surface area contributed by atoms with Gasteiger partial charge in [0, 0.05) is 6.61 Å². The summed E-state index contributed by atoms with van der Waals surface area (Å²) in [6, 6.07) is -1.06. The van der Waals surface area contributed by atoms with Crippen molar-refractivity contribution in [3.63, 3.8) is 0 Å². The molecular formula is C8H17NO5S. The SMILES string of the molecule is CCOCCS(=O)(=O)NC(CC)C(=O)O. The number of carbonyl (C=O) groups is 1. The average molecular weight is 239 g/mol. The predicted octanol–water partition coefficient (Wildman–Crippen LogP) is -0.194. The van der Waals surface area contributed by atoms with E-state index in [1.165, 1.54) is 0 Å². The smallest absolute Gasteiger partial charge is 0.321 e. The first-order valence-electron chi connectivity index (χ1n) is 4.73. The Hall–Kier alpha value is -0.660. The molecule has 6 nitrogen and oxygen atoms in total. The minimum Gasteiger partial charge on any atom is -0.480 e. The summed E-state index contributed by atoms with van der Waals surface area (Å²) in [6.07, 6.45) is 0.212. The van der Waals surface area contributed by atoms with Crippen molar-refractivity contribution in [3.05, 3.63) is 0 Å². The van der Waals surface area contributed by atoms with E-state index in [-0.39, 0.29) is 18.8 Å². The molecule has 0 amide bonds. The molecule has 7 heteroatoms. The van der Waals surface area contributed by atoms with Crippen molar-refractivity contribution >= 4 is 16.0 Å². The second-order valence-electron chi connectivity index (χ2n) is 2.93. The summed E-state index contributed by atoms with van der Waals surface area (Å²) >= 11 is 0. The number of rotatable bonds is 8. The molecule has 90 valence electrons. The van der Waals surface area contributed by atoms with E-state index in [0.717, 1.165) is 0 Å². The predicted molar refractivity (Wildman–Crippen MR) is 55.1 cm³/mol. The Labute approximate surface area is 89.7 Å². The van der Waals surface area contributed by atoms with Gasteiger partial charge in [-0.05, 0) is 13.3 Å². The van der Waals surface area contributed by atoms with Gasteiger partial charge in [-0.1, -0.05) is 6.92 Å². The fraction of sp³-hybridized carbons (Fsp3) is 0.875. The highest BCUT2D eigenvalue weighted by molar-refractivity contribution is 7.89. The highest BCUT2D eigenvalue weighted by Gasteiger charge is 2.21. The number of nitrogens with one attached hydrogen (secondary N) is 1. The van der Waals surface area contributed by atoms with Crippen LogP contribution in [0, 0.1) is 0 Å². The fourth-order valence-electron chi connectivity index (χ4n) is 0.897. The summed E-state index contributed by atoms with van der Waals surface area (Å²) in [5.41, 5.74) is 0. The van der Waals surface area contributed by atoms with E-state index in [1.807, 2.05) is 0 Å². The van der Waals surface area contributed by atoms with E-state index in [9.17, 15) is 13.2 Å². The number of carboxylic acids is 1. The Morgan fingerprint density at radius 2 is 2.07 bits per heavy atom. The Kier molecular flexibility index (Phi) is 6.46. The Morgan fingerprint density at radius 3 is 2.47 bits per heavy atom. The van der Waals surface area contributed by atoms with Gasteiger partial charge in [-0.3, -0.25) is 4.79 Å². The summed E-state index contributed by atoms with van der Waals surface area (Å²) in [7, 11) is -3.57. The second-order valence-corrected chi connectivity index (χ2v) is 4.81. The molecule has 1 atom stereocenters. The monoisotopic (exact) mass is 239 g/mol. The molecule has 0 aliphatic heterocycles. The van der Waals surface area contributed by atoms with Crippen LogP contribution in [0.4, 0.5) is 0 Å². The molecule has 0 saturated heterocycles. The van der Waals surface area contributed by atoms with E-state index >= 15 is 0 Å². The molecule has 0 spiro atoms. The molecule has 15 heavy (non-hydrogen) atoms. The zero-order chi connectivity index (χ0) is 11.9. The number of ether oxygens (including phenoxy) is 1. The molecule has 0 aliphatic carbocycles. The van der Waals surface area contributed by atoms with Crippen LogP contribution in [-0.2, 0) is 19.6 Å². The van der Waals surface area contributed by atoms with Crippen LogP contribution in [-0.4, -0.2) is 44.5 Å². The Balaban J connectivity index is 4.17. The van der Waals surface area contributed by atoms with E-state index in [0.29, 0.717) is 6.61 Å². The number of hydrogen-bond donors (Lipinski definition) is 2. The first-order valence-corrected chi connectivity index (χ1v) is 6.38. The lowest BCUT2D eigenvalue weighted by atomic mass is 10.2. The van der Waals surface area contributed by atoms with Crippen LogP contribution in [0.25, 0.3) is 0 Å². The van der Waals surface area contributed by atoms with Crippen LogP contribution in [0.3, 0.4) is 0 Å². The van der Waals surface area contributed by atoms with Gasteiger partial charge in [-0.25, -0.2) is 13.1 Å². The maximum absolute atomic E-state index is 11.3. The topological polar surface area (TPSA) is 92.7 Å². The van der Waals surface area contributed by atoms with Crippen molar-refractivity contribution in [3.8, 4) is 0 Å². The summed E-state index contributed by atoms with van der Waals surface area (Å²) < 4.78 is 29.6. The largest absolute Gasteiger partial charge is 0.480 e. The van der Waals surface area contributed by atoms with Crippen LogP contribution in [0.1, 0.15) is 20.3 Å². The van der Waals surface area contributed by atoms with Crippen molar-refractivity contribution in [2.45, 2.75) is 26.3 Å². The summed E-state index contributed by atoms with van der Waals surface area (Å²) in [4.78, 5) is 10.6. The number of aliphatic carboxylic acids is 1. The van der Waals surface area contributed by atoms with Gasteiger partial charge in [-0.15, -0.1) is 0 Å². The van der Waals surface area contributed by atoms with Gasteiger partial charge in [0.05, 0.1) is 12.4 Å². The molecule has 0 saturated carbocycles. The molecule has 0 rings (SSSR count). The number of sulfonamides is 1. The molecular weight excluding hydrogens is 222 g/mol. The summed E-state index contributed by atoms with van der Waals surface area (Å²) in [5.74, 6) is -1.39. The molecule has 0 fully saturated rings. The van der Waals surface area contributed by atoms with E-state index < -0.39 is 22.0 Å². The standard InChI is InChI=1S/C8H17NO5S/c1-3-7(8(10)11)9-15(12,13)6-5-14-4-2/h7,9H,3-6H2,1-2H3,(H,10,11). The molecule has 2 N–H and O–H groups in total. The maximum atomic E-state index is 11.3. The van der Waals surface area contributed by atoms with Crippen molar-refractivity contribution in [1.82, 2.24) is 4.72 Å². The quantitative estimate of drug-likeness (QED) is 0.572. The first kappa shape index (κ1) is 14.3. The summed E-state index contributed by atoms with van der Waals surface area (Å²) in [5, 5.41) is 8.65. The third kappa shape index (κ3) is 6.43. The Bertz CT molecular complexity index is 287. The van der Waals surface area contributed by atoms with Gasteiger partial charge in [-0.2, -0.15) is 0 Å². The molecule has 0 radical (unpaired) electrons. The number of hydrogen-bond acceptors (Lipinski definition) is 4. The Morgan fingerprint density at radius 1 is 1.47 bits per heavy atom. The molecule has 0 bridgehead atoms. The van der Waals surface area contributed by atoms with Crippen molar-refractivity contribution in [1.29, 1.82) is 0 Å². The lowest BCUT2D eigenvalue weighted by molar-refractivity contribution is -0.139. The zero-order valence-corrected chi connectivity index (χ0v) is 9.71. The average Bonchev–Trinajstić information content (AvgIpc) is 2.14. The van der Waals surface area contributed by atoms with Crippen LogP contribution in [0.15, 0.2) is 0 Å². The molecule has 0 aromatic heterocycles. The van der Waals surface area contributed by atoms with Crippen molar-refractivity contribution < 1.29 is 23.1 Å². The third-order valence-electron chi connectivity index (χ3n) is 1.73. The minimum absolute atomic E-state index is 0.0713. The van der Waals surface area contributed by atoms with Crippen LogP contribution in [0.2, 0.25) is 0 Å². The fourth-order valence-corrected chi connectivity index (χ4v) is 2.05. The highest BCUT2D eigenvalue weighted by Crippen LogP contribution is 1.95. The van der Waals surface area contributed by atoms with Crippen molar-refractivity contribution in [2.24, 2.45) is 0 Å². The maximum Gasteiger partial charge on any atom is 0.321 e. The normalized spacial score (nSPS) is 13.7. The second kappa shape index (κ2) is 6.76. The van der Waals surface area contributed by atoms with E-state index in [2.05, 4.69) is 4.72 Å². The molecule has 0 aliphatic rings. The first-order chi connectivity index (χ1) is 6.93. The van der Waals surface area contributed by atoms with Crippen LogP contribution < -0.4 is 4.72 Å². The molecule has 0 heterocycles. The summed E-state index contributed by atoms with van der Waals surface area (Å²) in [6.45, 7) is 3.86. The van der Waals surface area contributed by atoms with Gasteiger partial charge >= 0.3 is 5.97 Å². The molecule has 0 aromatic rings. The van der Waals surface area contributed by atoms with Crippen LogP contribution in [0.5, 0.6) is 0 Å². The molecule has 0 aromatic carbocycles. The van der Waals surface area contributed by atoms with E-state index in [4.69, 9.17) is 9.84 Å².